The van der Waals surface area contributed by atoms with E-state index < -0.39 is 0 Å². The van der Waals surface area contributed by atoms with Crippen LogP contribution in [0.4, 0.5) is 0 Å². The van der Waals surface area contributed by atoms with Crippen LogP contribution in [0.1, 0.15) is 5.56 Å². The van der Waals surface area contributed by atoms with Crippen LogP contribution in [0.3, 0.4) is 0 Å². The van der Waals surface area contributed by atoms with Gasteiger partial charge >= 0.3 is 0 Å². The lowest BCUT2D eigenvalue weighted by molar-refractivity contribution is 0.752. The van der Waals surface area contributed by atoms with Crippen molar-refractivity contribution in [2.45, 2.75) is 0 Å². The molecule has 1 aromatic heterocycles. The molecule has 0 saturated carbocycles. The summed E-state index contributed by atoms with van der Waals surface area (Å²) in [5.74, 6) is 0. The molecule has 76 valence electrons. The first kappa shape index (κ1) is 9.61. The zero-order valence-corrected chi connectivity index (χ0v) is 8.24. The number of hydrogen-bond acceptors (Lipinski definition) is 3. The summed E-state index contributed by atoms with van der Waals surface area (Å²) in [7, 11) is 0. The highest BCUT2D eigenvalue weighted by Gasteiger charge is 1.95. The van der Waals surface area contributed by atoms with E-state index in [2.05, 4.69) is 10.2 Å². The highest BCUT2D eigenvalue weighted by Crippen LogP contribution is 2.08. The number of benzene rings is 1. The molecule has 4 heteroatoms. The van der Waals surface area contributed by atoms with Crippen molar-refractivity contribution in [1.82, 2.24) is 15.0 Å². The van der Waals surface area contributed by atoms with Gasteiger partial charge in [-0.2, -0.15) is 15.0 Å². The molecule has 0 aliphatic heterocycles. The summed E-state index contributed by atoms with van der Waals surface area (Å²) in [6, 6.07) is 7.95. The van der Waals surface area contributed by atoms with Crippen molar-refractivity contribution in [2.24, 2.45) is 5.73 Å². The summed E-state index contributed by atoms with van der Waals surface area (Å²) in [4.78, 5) is 1.58. The topological polar surface area (TPSA) is 56.7 Å². The van der Waals surface area contributed by atoms with Crippen LogP contribution >= 0.6 is 0 Å². The maximum atomic E-state index is 5.37. The lowest BCUT2D eigenvalue weighted by Crippen LogP contribution is -1.97. The standard InChI is InChI=1S/C11H12N4/c12-7-1-2-10-3-5-11(6-4-10)15-13-8-9-14-15/h1-6,8-9H,7,12H2/b2-1+. The Morgan fingerprint density at radius 3 is 2.40 bits per heavy atom. The largest absolute Gasteiger partial charge is 0.327 e. The minimum Gasteiger partial charge on any atom is -0.327 e. The van der Waals surface area contributed by atoms with Gasteiger partial charge < -0.3 is 5.73 Å². The van der Waals surface area contributed by atoms with Crippen LogP contribution in [0.2, 0.25) is 0 Å². The number of nitrogens with two attached hydrogens (primary N) is 1. The van der Waals surface area contributed by atoms with Gasteiger partial charge in [-0.3, -0.25) is 0 Å². The Kier molecular flexibility index (Phi) is 2.90. The minimum atomic E-state index is 0.558. The summed E-state index contributed by atoms with van der Waals surface area (Å²) >= 11 is 0. The van der Waals surface area contributed by atoms with Crippen molar-refractivity contribution < 1.29 is 0 Å². The van der Waals surface area contributed by atoms with Gasteiger partial charge in [0.05, 0.1) is 18.1 Å². The van der Waals surface area contributed by atoms with Crippen LogP contribution in [0.25, 0.3) is 11.8 Å². The smallest absolute Gasteiger partial charge is 0.0857 e. The second-order valence-electron chi connectivity index (χ2n) is 3.05. The van der Waals surface area contributed by atoms with Crippen molar-refractivity contribution in [3.8, 4) is 5.69 Å². The summed E-state index contributed by atoms with van der Waals surface area (Å²) in [6.07, 6.45) is 7.21. The molecule has 2 N–H and O–H groups in total. The van der Waals surface area contributed by atoms with Gasteiger partial charge in [-0.25, -0.2) is 0 Å². The van der Waals surface area contributed by atoms with Gasteiger partial charge in [-0.05, 0) is 17.7 Å². The van der Waals surface area contributed by atoms with Crippen LogP contribution in [0, 0.1) is 0 Å². The van der Waals surface area contributed by atoms with Crippen LogP contribution in [0.15, 0.2) is 42.7 Å². The Labute approximate surface area is 88.0 Å². The molecule has 1 heterocycles. The quantitative estimate of drug-likeness (QED) is 0.811. The summed E-state index contributed by atoms with van der Waals surface area (Å²) in [6.45, 7) is 0.558. The predicted octanol–water partition coefficient (Wildman–Crippen LogP) is 1.24. The predicted molar refractivity (Wildman–Crippen MR) is 59.4 cm³/mol. The lowest BCUT2D eigenvalue weighted by Gasteiger charge is -1.99. The van der Waals surface area contributed by atoms with Gasteiger partial charge in [0.25, 0.3) is 0 Å². The number of nitrogens with zero attached hydrogens (tertiary/aromatic N) is 3. The van der Waals surface area contributed by atoms with Crippen LogP contribution in [-0.4, -0.2) is 21.5 Å². The van der Waals surface area contributed by atoms with Crippen LogP contribution in [0.5, 0.6) is 0 Å². The number of hydrogen-bond donors (Lipinski definition) is 1. The average molecular weight is 200 g/mol. The van der Waals surface area contributed by atoms with Crippen LogP contribution in [-0.2, 0) is 0 Å². The first-order valence-electron chi connectivity index (χ1n) is 4.73. The molecule has 0 unspecified atom stereocenters. The van der Waals surface area contributed by atoms with E-state index in [1.165, 1.54) is 0 Å². The monoisotopic (exact) mass is 200 g/mol. The molecule has 0 bridgehead atoms. The lowest BCUT2D eigenvalue weighted by atomic mass is 10.2. The SMILES string of the molecule is NC/C=C/c1ccc(-n2nccn2)cc1. The van der Waals surface area contributed by atoms with Gasteiger partial charge in [-0.15, -0.1) is 0 Å². The normalized spacial score (nSPS) is 11.0. The molecule has 0 spiro atoms. The molecule has 0 radical (unpaired) electrons. The molecule has 1 aromatic carbocycles. The summed E-state index contributed by atoms with van der Waals surface area (Å²) in [5.41, 5.74) is 7.44. The Hall–Kier alpha value is -1.94. The van der Waals surface area contributed by atoms with E-state index in [-0.39, 0.29) is 0 Å². The third kappa shape index (κ3) is 2.30. The van der Waals surface area contributed by atoms with Crippen molar-refractivity contribution in [1.29, 1.82) is 0 Å². The first-order valence-corrected chi connectivity index (χ1v) is 4.73. The number of rotatable bonds is 3. The third-order valence-electron chi connectivity index (χ3n) is 1.99. The summed E-state index contributed by atoms with van der Waals surface area (Å²) < 4.78 is 0. The molecule has 0 saturated heterocycles. The van der Waals surface area contributed by atoms with Gasteiger partial charge in [0, 0.05) is 6.54 Å². The molecule has 0 atom stereocenters. The van der Waals surface area contributed by atoms with Crippen LogP contribution < -0.4 is 5.73 Å². The Morgan fingerprint density at radius 2 is 1.80 bits per heavy atom. The van der Waals surface area contributed by atoms with Gasteiger partial charge in [0.15, 0.2) is 0 Å². The van der Waals surface area contributed by atoms with Crippen molar-refractivity contribution in [3.05, 3.63) is 48.3 Å². The maximum Gasteiger partial charge on any atom is 0.0857 e. The van der Waals surface area contributed by atoms with Gasteiger partial charge in [0.2, 0.25) is 0 Å². The molecule has 2 rings (SSSR count). The zero-order chi connectivity index (χ0) is 10.5. The molecular weight excluding hydrogens is 188 g/mol. The van der Waals surface area contributed by atoms with Crippen molar-refractivity contribution in [2.75, 3.05) is 6.54 Å². The molecular formula is C11H12N4. The fourth-order valence-electron chi connectivity index (χ4n) is 1.27. The Balaban J connectivity index is 2.21. The highest BCUT2D eigenvalue weighted by atomic mass is 15.5. The second-order valence-corrected chi connectivity index (χ2v) is 3.05. The fraction of sp³-hybridized carbons (Fsp3) is 0.0909. The van der Waals surface area contributed by atoms with Gasteiger partial charge in [0.1, 0.15) is 0 Å². The average Bonchev–Trinajstić information content (AvgIpc) is 2.80. The third-order valence-corrected chi connectivity index (χ3v) is 1.99. The molecule has 0 fully saturated rings. The molecule has 0 aliphatic carbocycles. The van der Waals surface area contributed by atoms with E-state index in [1.54, 1.807) is 17.2 Å². The van der Waals surface area contributed by atoms with E-state index >= 15 is 0 Å². The highest BCUT2D eigenvalue weighted by molar-refractivity contribution is 5.51. The molecule has 2 aromatic rings. The fourth-order valence-corrected chi connectivity index (χ4v) is 1.27. The van der Waals surface area contributed by atoms with E-state index in [9.17, 15) is 0 Å². The molecule has 0 amide bonds. The first-order chi connectivity index (χ1) is 7.40. The van der Waals surface area contributed by atoms with Crippen molar-refractivity contribution in [3.63, 3.8) is 0 Å². The zero-order valence-electron chi connectivity index (χ0n) is 8.24. The van der Waals surface area contributed by atoms with Crippen molar-refractivity contribution >= 4 is 6.08 Å². The molecule has 0 aliphatic rings. The van der Waals surface area contributed by atoms with E-state index in [0.717, 1.165) is 11.3 Å². The van der Waals surface area contributed by atoms with E-state index in [1.807, 2.05) is 36.4 Å². The maximum absolute atomic E-state index is 5.37. The molecule has 4 nitrogen and oxygen atoms in total. The van der Waals surface area contributed by atoms with Gasteiger partial charge in [-0.1, -0.05) is 24.3 Å². The Morgan fingerprint density at radius 1 is 1.13 bits per heavy atom. The second kappa shape index (κ2) is 4.52. The molecule has 15 heavy (non-hydrogen) atoms. The summed E-state index contributed by atoms with van der Waals surface area (Å²) in [5, 5.41) is 8.09. The van der Waals surface area contributed by atoms with E-state index in [0.29, 0.717) is 6.54 Å². The minimum absolute atomic E-state index is 0.558. The number of aromatic nitrogens is 3. The van der Waals surface area contributed by atoms with E-state index in [4.69, 9.17) is 5.73 Å². The Bertz CT molecular complexity index is 428.